The molecule has 0 unspecified atom stereocenters. The van der Waals surface area contributed by atoms with Crippen molar-refractivity contribution in [2.24, 2.45) is 0 Å². The molecule has 2 aromatic rings. The zero-order valence-electron chi connectivity index (χ0n) is 11.6. The lowest BCUT2D eigenvalue weighted by molar-refractivity contribution is 0.586. The molecule has 0 saturated carbocycles. The average molecular weight is 275 g/mol. The maximum Gasteiger partial charge on any atom is 0.0705 e. The van der Waals surface area contributed by atoms with Gasteiger partial charge in [0.05, 0.1) is 5.69 Å². The first-order chi connectivity index (χ1) is 9.06. The van der Waals surface area contributed by atoms with Crippen LogP contribution in [0.3, 0.4) is 0 Å². The molecule has 100 valence electrons. The lowest BCUT2D eigenvalue weighted by atomic mass is 10.1. The molecule has 0 bridgehead atoms. The predicted octanol–water partition coefficient (Wildman–Crippen LogP) is 4.21. The van der Waals surface area contributed by atoms with E-state index in [1.54, 1.807) is 0 Å². The molecular weight excluding hydrogens is 256 g/mol. The standard InChI is InChI=1S/C16H19ClN2/c1-11(2)18-10-14-6-9-16(19-12(14)3)13-4-7-15(17)8-5-13/h4-9,11,18H,10H2,1-3H3. The van der Waals surface area contributed by atoms with Crippen LogP contribution < -0.4 is 5.32 Å². The molecule has 1 aromatic heterocycles. The molecule has 0 aliphatic heterocycles. The highest BCUT2D eigenvalue weighted by molar-refractivity contribution is 6.30. The highest BCUT2D eigenvalue weighted by Crippen LogP contribution is 2.21. The summed E-state index contributed by atoms with van der Waals surface area (Å²) in [5, 5.41) is 4.16. The van der Waals surface area contributed by atoms with Gasteiger partial charge in [0, 0.05) is 28.9 Å². The van der Waals surface area contributed by atoms with Crippen molar-refractivity contribution < 1.29 is 0 Å². The minimum atomic E-state index is 0.482. The Morgan fingerprint density at radius 1 is 1.11 bits per heavy atom. The molecule has 0 spiro atoms. The van der Waals surface area contributed by atoms with Crippen molar-refractivity contribution >= 4 is 11.6 Å². The predicted molar refractivity (Wildman–Crippen MR) is 81.4 cm³/mol. The van der Waals surface area contributed by atoms with Crippen LogP contribution in [0.25, 0.3) is 11.3 Å². The number of aryl methyl sites for hydroxylation is 1. The van der Waals surface area contributed by atoms with Crippen molar-refractivity contribution in [3.8, 4) is 11.3 Å². The molecule has 1 N–H and O–H groups in total. The zero-order chi connectivity index (χ0) is 13.8. The third kappa shape index (κ3) is 3.79. The van der Waals surface area contributed by atoms with Crippen LogP contribution in [0.2, 0.25) is 5.02 Å². The summed E-state index contributed by atoms with van der Waals surface area (Å²) in [5.41, 5.74) is 4.39. The number of halogens is 1. The Morgan fingerprint density at radius 3 is 2.37 bits per heavy atom. The Balaban J connectivity index is 2.21. The molecular formula is C16H19ClN2. The maximum atomic E-state index is 5.90. The smallest absolute Gasteiger partial charge is 0.0705 e. The normalized spacial score (nSPS) is 11.0. The van der Waals surface area contributed by atoms with Gasteiger partial charge in [-0.1, -0.05) is 43.6 Å². The van der Waals surface area contributed by atoms with Crippen LogP contribution in [0.5, 0.6) is 0 Å². The molecule has 0 radical (unpaired) electrons. The molecule has 1 aromatic carbocycles. The van der Waals surface area contributed by atoms with Gasteiger partial charge >= 0.3 is 0 Å². The fourth-order valence-electron chi connectivity index (χ4n) is 1.87. The van der Waals surface area contributed by atoms with Gasteiger partial charge < -0.3 is 5.32 Å². The number of nitrogens with one attached hydrogen (secondary N) is 1. The van der Waals surface area contributed by atoms with Gasteiger partial charge in [-0.15, -0.1) is 0 Å². The molecule has 2 nitrogen and oxygen atoms in total. The van der Waals surface area contributed by atoms with Crippen molar-refractivity contribution in [3.05, 3.63) is 52.7 Å². The molecule has 0 aliphatic carbocycles. The number of benzene rings is 1. The summed E-state index contributed by atoms with van der Waals surface area (Å²) in [6.07, 6.45) is 0. The third-order valence-electron chi connectivity index (χ3n) is 3.04. The highest BCUT2D eigenvalue weighted by atomic mass is 35.5. The van der Waals surface area contributed by atoms with Crippen molar-refractivity contribution in [1.29, 1.82) is 0 Å². The second-order valence-electron chi connectivity index (χ2n) is 4.98. The van der Waals surface area contributed by atoms with E-state index in [0.29, 0.717) is 6.04 Å². The minimum absolute atomic E-state index is 0.482. The Kier molecular flexibility index (Phi) is 4.56. The monoisotopic (exact) mass is 274 g/mol. The number of aromatic nitrogens is 1. The summed E-state index contributed by atoms with van der Waals surface area (Å²) >= 11 is 5.90. The summed E-state index contributed by atoms with van der Waals surface area (Å²) in [5.74, 6) is 0. The van der Waals surface area contributed by atoms with Gasteiger partial charge in [-0.2, -0.15) is 0 Å². The zero-order valence-corrected chi connectivity index (χ0v) is 12.3. The first-order valence-electron chi connectivity index (χ1n) is 6.52. The molecule has 0 fully saturated rings. The van der Waals surface area contributed by atoms with Crippen LogP contribution in [-0.2, 0) is 6.54 Å². The third-order valence-corrected chi connectivity index (χ3v) is 3.29. The number of hydrogen-bond donors (Lipinski definition) is 1. The van der Waals surface area contributed by atoms with E-state index >= 15 is 0 Å². The largest absolute Gasteiger partial charge is 0.310 e. The average Bonchev–Trinajstić information content (AvgIpc) is 2.38. The van der Waals surface area contributed by atoms with Gasteiger partial charge in [0.1, 0.15) is 0 Å². The van der Waals surface area contributed by atoms with Gasteiger partial charge in [0.25, 0.3) is 0 Å². The van der Waals surface area contributed by atoms with Crippen LogP contribution in [0.1, 0.15) is 25.1 Å². The topological polar surface area (TPSA) is 24.9 Å². The highest BCUT2D eigenvalue weighted by Gasteiger charge is 2.04. The first kappa shape index (κ1) is 14.0. The summed E-state index contributed by atoms with van der Waals surface area (Å²) in [7, 11) is 0. The number of hydrogen-bond acceptors (Lipinski definition) is 2. The fourth-order valence-corrected chi connectivity index (χ4v) is 2.00. The van der Waals surface area contributed by atoms with Crippen LogP contribution in [-0.4, -0.2) is 11.0 Å². The summed E-state index contributed by atoms with van der Waals surface area (Å²) < 4.78 is 0. The molecule has 3 heteroatoms. The van der Waals surface area contributed by atoms with E-state index in [1.807, 2.05) is 24.3 Å². The van der Waals surface area contributed by atoms with E-state index in [-0.39, 0.29) is 0 Å². The number of pyridine rings is 1. The fraction of sp³-hybridized carbons (Fsp3) is 0.312. The van der Waals surface area contributed by atoms with E-state index in [0.717, 1.165) is 28.5 Å². The summed E-state index contributed by atoms with van der Waals surface area (Å²) in [4.78, 5) is 4.67. The van der Waals surface area contributed by atoms with Crippen molar-refractivity contribution in [2.75, 3.05) is 0 Å². The van der Waals surface area contributed by atoms with Gasteiger partial charge in [0.2, 0.25) is 0 Å². The van der Waals surface area contributed by atoms with E-state index < -0.39 is 0 Å². The van der Waals surface area contributed by atoms with Crippen LogP contribution in [0.4, 0.5) is 0 Å². The number of rotatable bonds is 4. The van der Waals surface area contributed by atoms with E-state index in [9.17, 15) is 0 Å². The minimum Gasteiger partial charge on any atom is -0.310 e. The molecule has 0 saturated heterocycles. The first-order valence-corrected chi connectivity index (χ1v) is 6.90. The second-order valence-corrected chi connectivity index (χ2v) is 5.42. The van der Waals surface area contributed by atoms with E-state index in [4.69, 9.17) is 11.6 Å². The van der Waals surface area contributed by atoms with E-state index in [1.165, 1.54) is 5.56 Å². The van der Waals surface area contributed by atoms with Crippen LogP contribution >= 0.6 is 11.6 Å². The van der Waals surface area contributed by atoms with Gasteiger partial charge in [-0.25, -0.2) is 0 Å². The molecule has 2 rings (SSSR count). The van der Waals surface area contributed by atoms with Gasteiger partial charge in [-0.05, 0) is 30.7 Å². The van der Waals surface area contributed by atoms with Gasteiger partial charge in [0.15, 0.2) is 0 Å². The molecule has 19 heavy (non-hydrogen) atoms. The molecule has 1 heterocycles. The number of nitrogens with zero attached hydrogens (tertiary/aromatic N) is 1. The quantitative estimate of drug-likeness (QED) is 0.903. The van der Waals surface area contributed by atoms with Crippen LogP contribution in [0.15, 0.2) is 36.4 Å². The van der Waals surface area contributed by atoms with Crippen molar-refractivity contribution in [1.82, 2.24) is 10.3 Å². The summed E-state index contributed by atoms with van der Waals surface area (Å²) in [6.45, 7) is 7.20. The summed E-state index contributed by atoms with van der Waals surface area (Å²) in [6, 6.07) is 12.5. The Morgan fingerprint density at radius 2 is 1.79 bits per heavy atom. The Hall–Kier alpha value is -1.38. The Bertz CT molecular complexity index is 547. The SMILES string of the molecule is Cc1nc(-c2ccc(Cl)cc2)ccc1CNC(C)C. The lowest BCUT2D eigenvalue weighted by Crippen LogP contribution is -2.22. The maximum absolute atomic E-state index is 5.90. The van der Waals surface area contributed by atoms with E-state index in [2.05, 4.69) is 43.2 Å². The molecule has 0 atom stereocenters. The van der Waals surface area contributed by atoms with Crippen molar-refractivity contribution in [3.63, 3.8) is 0 Å². The van der Waals surface area contributed by atoms with Gasteiger partial charge in [-0.3, -0.25) is 4.98 Å². The molecule has 0 amide bonds. The molecule has 0 aliphatic rings. The Labute approximate surface area is 119 Å². The van der Waals surface area contributed by atoms with Crippen LogP contribution in [0, 0.1) is 6.92 Å². The second kappa shape index (κ2) is 6.18. The van der Waals surface area contributed by atoms with Crippen molar-refractivity contribution in [2.45, 2.75) is 33.4 Å². The lowest BCUT2D eigenvalue weighted by Gasteiger charge is -2.11.